The van der Waals surface area contributed by atoms with E-state index in [9.17, 15) is 0 Å². The Morgan fingerprint density at radius 3 is 2.50 bits per heavy atom. The van der Waals surface area contributed by atoms with Crippen LogP contribution in [0, 0.1) is 0 Å². The minimum Gasteiger partial charge on any atom is -0.261 e. The van der Waals surface area contributed by atoms with Gasteiger partial charge in [-0.25, -0.2) is 4.68 Å². The van der Waals surface area contributed by atoms with Crippen molar-refractivity contribution in [3.8, 4) is 0 Å². The second-order valence-corrected chi connectivity index (χ2v) is 5.13. The Labute approximate surface area is 125 Å². The number of rotatable bonds is 4. The highest BCUT2D eigenvalue weighted by atomic mass is 79.9. The Balaban J connectivity index is 1.99. The van der Waals surface area contributed by atoms with Gasteiger partial charge < -0.3 is 0 Å². The van der Waals surface area contributed by atoms with Gasteiger partial charge in [0.25, 0.3) is 0 Å². The number of hydrogen-bond acceptors (Lipinski definition) is 2. The minimum atomic E-state index is 0.0183. The van der Waals surface area contributed by atoms with E-state index in [0.717, 1.165) is 10.0 Å². The fourth-order valence-electron chi connectivity index (χ4n) is 2.03. The van der Waals surface area contributed by atoms with Gasteiger partial charge >= 0.3 is 0 Å². The van der Waals surface area contributed by atoms with Crippen LogP contribution in [0.15, 0.2) is 71.7 Å². The molecule has 0 aliphatic rings. The molecule has 1 atom stereocenters. The van der Waals surface area contributed by atoms with E-state index in [1.807, 2.05) is 53.6 Å². The number of allylic oxidation sites excluding steroid dienone is 1. The van der Waals surface area contributed by atoms with Gasteiger partial charge in [-0.15, -0.1) is 0 Å². The molecule has 20 heavy (non-hydrogen) atoms. The summed E-state index contributed by atoms with van der Waals surface area (Å²) in [6, 6.07) is 12.0. The lowest BCUT2D eigenvalue weighted by molar-refractivity contribution is 0.609. The predicted octanol–water partition coefficient (Wildman–Crippen LogP) is 3.60. The van der Waals surface area contributed by atoms with Crippen LogP contribution in [0.4, 0.5) is 0 Å². The normalized spacial score (nSPS) is 12.8. The van der Waals surface area contributed by atoms with Crippen molar-refractivity contribution in [2.75, 3.05) is 0 Å². The van der Waals surface area contributed by atoms with Gasteiger partial charge in [0.05, 0.1) is 6.04 Å². The average molecular weight is 329 g/mol. The van der Waals surface area contributed by atoms with Gasteiger partial charge in [-0.3, -0.25) is 4.68 Å². The van der Waals surface area contributed by atoms with Crippen molar-refractivity contribution in [3.63, 3.8) is 0 Å². The highest BCUT2D eigenvalue weighted by molar-refractivity contribution is 9.10. The van der Waals surface area contributed by atoms with E-state index in [1.54, 1.807) is 17.1 Å². The quantitative estimate of drug-likeness (QED) is 0.733. The standard InChI is InChI=1S/C15H13BrN4/c16-14-6-2-1-5-13(14)15(20-11-4-9-18-20)7-12-19-10-3-8-17-19/h1-12,15H/b12-7+. The number of halogens is 1. The van der Waals surface area contributed by atoms with Crippen LogP contribution >= 0.6 is 15.9 Å². The topological polar surface area (TPSA) is 35.6 Å². The first kappa shape index (κ1) is 12.9. The summed E-state index contributed by atoms with van der Waals surface area (Å²) in [5, 5.41) is 8.52. The van der Waals surface area contributed by atoms with E-state index in [0.29, 0.717) is 0 Å². The molecule has 0 N–H and O–H groups in total. The van der Waals surface area contributed by atoms with Crippen molar-refractivity contribution in [2.45, 2.75) is 6.04 Å². The monoisotopic (exact) mass is 328 g/mol. The molecule has 0 aliphatic carbocycles. The van der Waals surface area contributed by atoms with Crippen molar-refractivity contribution >= 4 is 22.1 Å². The van der Waals surface area contributed by atoms with Gasteiger partial charge in [0, 0.05) is 35.5 Å². The highest BCUT2D eigenvalue weighted by Crippen LogP contribution is 2.27. The highest BCUT2D eigenvalue weighted by Gasteiger charge is 2.13. The second kappa shape index (κ2) is 5.88. The fourth-order valence-corrected chi connectivity index (χ4v) is 2.55. The number of aromatic nitrogens is 4. The number of hydrogen-bond donors (Lipinski definition) is 0. The van der Waals surface area contributed by atoms with Crippen LogP contribution in [-0.4, -0.2) is 19.6 Å². The Kier molecular flexibility index (Phi) is 3.78. The molecule has 1 aromatic carbocycles. The summed E-state index contributed by atoms with van der Waals surface area (Å²) in [5.74, 6) is 0. The molecule has 1 unspecified atom stereocenters. The van der Waals surface area contributed by atoms with Crippen molar-refractivity contribution in [3.05, 3.63) is 77.3 Å². The summed E-state index contributed by atoms with van der Waals surface area (Å²) in [4.78, 5) is 0. The molecule has 0 aliphatic heterocycles. The largest absolute Gasteiger partial charge is 0.261 e. The van der Waals surface area contributed by atoms with E-state index in [4.69, 9.17) is 0 Å². The summed E-state index contributed by atoms with van der Waals surface area (Å²) in [5.41, 5.74) is 1.15. The molecule has 0 bridgehead atoms. The van der Waals surface area contributed by atoms with E-state index in [1.165, 1.54) is 0 Å². The summed E-state index contributed by atoms with van der Waals surface area (Å²) in [7, 11) is 0. The van der Waals surface area contributed by atoms with Crippen LogP contribution in [0.25, 0.3) is 6.20 Å². The number of nitrogens with zero attached hydrogens (tertiary/aromatic N) is 4. The summed E-state index contributed by atoms with van der Waals surface area (Å²) < 4.78 is 4.75. The van der Waals surface area contributed by atoms with Gasteiger partial charge in [0.1, 0.15) is 0 Å². The maximum atomic E-state index is 4.35. The van der Waals surface area contributed by atoms with Gasteiger partial charge in [-0.1, -0.05) is 34.1 Å². The molecule has 2 aromatic heterocycles. The van der Waals surface area contributed by atoms with Crippen molar-refractivity contribution in [2.24, 2.45) is 0 Å². The third-order valence-corrected chi connectivity index (χ3v) is 3.70. The van der Waals surface area contributed by atoms with E-state index >= 15 is 0 Å². The van der Waals surface area contributed by atoms with E-state index in [2.05, 4.69) is 38.3 Å². The van der Waals surface area contributed by atoms with Crippen molar-refractivity contribution < 1.29 is 0 Å². The molecule has 3 aromatic rings. The molecule has 0 saturated carbocycles. The average Bonchev–Trinajstić information content (AvgIpc) is 3.14. The zero-order chi connectivity index (χ0) is 13.8. The van der Waals surface area contributed by atoms with E-state index in [-0.39, 0.29) is 6.04 Å². The molecule has 2 heterocycles. The Morgan fingerprint density at radius 2 is 1.80 bits per heavy atom. The first-order chi connectivity index (χ1) is 9.84. The number of benzene rings is 1. The maximum absolute atomic E-state index is 4.35. The molecule has 0 fully saturated rings. The lowest BCUT2D eigenvalue weighted by Crippen LogP contribution is -2.09. The predicted molar refractivity (Wildman–Crippen MR) is 82.1 cm³/mol. The summed E-state index contributed by atoms with van der Waals surface area (Å²) in [6.45, 7) is 0. The lowest BCUT2D eigenvalue weighted by atomic mass is 10.1. The molecular formula is C15H13BrN4. The third-order valence-electron chi connectivity index (χ3n) is 2.98. The molecule has 3 rings (SSSR count). The molecule has 100 valence electrons. The third kappa shape index (κ3) is 2.72. The smallest absolute Gasteiger partial charge is 0.0978 e. The van der Waals surface area contributed by atoms with Crippen LogP contribution in [-0.2, 0) is 0 Å². The van der Waals surface area contributed by atoms with Gasteiger partial charge in [0.15, 0.2) is 0 Å². The molecule has 4 nitrogen and oxygen atoms in total. The van der Waals surface area contributed by atoms with Crippen LogP contribution in [0.1, 0.15) is 11.6 Å². The van der Waals surface area contributed by atoms with Crippen molar-refractivity contribution in [1.29, 1.82) is 0 Å². The van der Waals surface area contributed by atoms with Gasteiger partial charge in [0.2, 0.25) is 0 Å². The van der Waals surface area contributed by atoms with Crippen LogP contribution in [0.5, 0.6) is 0 Å². The first-order valence-corrected chi connectivity index (χ1v) is 7.05. The summed E-state index contributed by atoms with van der Waals surface area (Å²) >= 11 is 3.60. The van der Waals surface area contributed by atoms with Crippen LogP contribution in [0.3, 0.4) is 0 Å². The molecule has 5 heteroatoms. The molecule has 0 radical (unpaired) electrons. The summed E-state index contributed by atoms with van der Waals surface area (Å²) in [6.07, 6.45) is 11.4. The molecular weight excluding hydrogens is 316 g/mol. The van der Waals surface area contributed by atoms with E-state index < -0.39 is 0 Å². The minimum absolute atomic E-state index is 0.0183. The zero-order valence-corrected chi connectivity index (χ0v) is 12.3. The van der Waals surface area contributed by atoms with Gasteiger partial charge in [-0.2, -0.15) is 10.2 Å². The SMILES string of the molecule is Brc1ccccc1C(/C=C/n1cccn1)n1cccn1. The lowest BCUT2D eigenvalue weighted by Gasteiger charge is -2.15. The zero-order valence-electron chi connectivity index (χ0n) is 10.7. The Morgan fingerprint density at radius 1 is 1.00 bits per heavy atom. The van der Waals surface area contributed by atoms with Crippen molar-refractivity contribution in [1.82, 2.24) is 19.6 Å². The van der Waals surface area contributed by atoms with Gasteiger partial charge in [-0.05, 0) is 29.8 Å². The first-order valence-electron chi connectivity index (χ1n) is 6.25. The Bertz CT molecular complexity index is 687. The molecule has 0 spiro atoms. The van der Waals surface area contributed by atoms with Crippen LogP contribution in [0.2, 0.25) is 0 Å². The molecule has 0 saturated heterocycles. The second-order valence-electron chi connectivity index (χ2n) is 4.28. The maximum Gasteiger partial charge on any atom is 0.0978 e. The Hall–Kier alpha value is -2.14. The fraction of sp³-hybridized carbons (Fsp3) is 0.0667. The molecule has 0 amide bonds. The van der Waals surface area contributed by atoms with Crippen LogP contribution < -0.4 is 0 Å².